The first-order valence-electron chi connectivity index (χ1n) is 5.49. The van der Waals surface area contributed by atoms with Crippen molar-refractivity contribution in [1.29, 1.82) is 0 Å². The van der Waals surface area contributed by atoms with Crippen LogP contribution in [0, 0.1) is 0 Å². The first-order chi connectivity index (χ1) is 7.24. The number of nitrogens with two attached hydrogens (primary N) is 1. The quantitative estimate of drug-likeness (QED) is 0.766. The van der Waals surface area contributed by atoms with Crippen LogP contribution < -0.4 is 10.6 Å². The molecular weight excluding hydrogens is 188 g/mol. The highest BCUT2D eigenvalue weighted by molar-refractivity contribution is 5.62. The molecule has 0 fully saturated rings. The lowest BCUT2D eigenvalue weighted by molar-refractivity contribution is 0.458. The Morgan fingerprint density at radius 1 is 1.47 bits per heavy atom. The van der Waals surface area contributed by atoms with Gasteiger partial charge in [-0.3, -0.25) is 0 Å². The van der Waals surface area contributed by atoms with Crippen LogP contribution in [0.2, 0.25) is 0 Å². The highest BCUT2D eigenvalue weighted by atomic mass is 16.3. The summed E-state index contributed by atoms with van der Waals surface area (Å²) in [5, 5.41) is 10.1. The van der Waals surface area contributed by atoms with Crippen molar-refractivity contribution in [3.05, 3.63) is 23.3 Å². The van der Waals surface area contributed by atoms with E-state index in [1.165, 1.54) is 5.69 Å². The predicted molar refractivity (Wildman–Crippen MR) is 62.5 cm³/mol. The summed E-state index contributed by atoms with van der Waals surface area (Å²) in [5.41, 5.74) is 8.75. The summed E-state index contributed by atoms with van der Waals surface area (Å²) in [4.78, 5) is 2.20. The Morgan fingerprint density at radius 3 is 3.00 bits per heavy atom. The molecule has 0 saturated heterocycles. The normalized spacial score (nSPS) is 15.2. The molecule has 15 heavy (non-hydrogen) atoms. The molecule has 1 aliphatic rings. The molecule has 0 aromatic heterocycles. The number of rotatable bonds is 2. The second-order valence-corrected chi connectivity index (χ2v) is 4.13. The largest absolute Gasteiger partial charge is 0.507 e. The number of anilines is 1. The fourth-order valence-corrected chi connectivity index (χ4v) is 2.25. The number of fused-ring (bicyclic) bond motifs is 1. The minimum atomic E-state index is 0.463. The van der Waals surface area contributed by atoms with Crippen molar-refractivity contribution in [3.8, 4) is 5.75 Å². The smallest absolute Gasteiger partial charge is 0.124 e. The number of hydrogen-bond acceptors (Lipinski definition) is 3. The zero-order valence-electron chi connectivity index (χ0n) is 9.16. The van der Waals surface area contributed by atoms with Crippen molar-refractivity contribution in [2.75, 3.05) is 25.0 Å². The molecule has 0 spiro atoms. The van der Waals surface area contributed by atoms with Crippen LogP contribution >= 0.6 is 0 Å². The van der Waals surface area contributed by atoms with Gasteiger partial charge in [-0.15, -0.1) is 0 Å². The fraction of sp³-hybridized carbons (Fsp3) is 0.500. The number of phenols is 1. The van der Waals surface area contributed by atoms with E-state index in [1.807, 2.05) is 6.07 Å². The number of phenolic OH excluding ortho intramolecular Hbond substituents is 1. The van der Waals surface area contributed by atoms with Crippen LogP contribution in [0.4, 0.5) is 5.69 Å². The van der Waals surface area contributed by atoms with Gasteiger partial charge in [0, 0.05) is 24.8 Å². The molecule has 0 saturated carbocycles. The average Bonchev–Trinajstić information content (AvgIpc) is 2.23. The van der Waals surface area contributed by atoms with Gasteiger partial charge in [-0.2, -0.15) is 0 Å². The molecule has 1 heterocycles. The van der Waals surface area contributed by atoms with Gasteiger partial charge in [0.05, 0.1) is 0 Å². The van der Waals surface area contributed by atoms with Crippen molar-refractivity contribution < 1.29 is 5.11 Å². The van der Waals surface area contributed by atoms with Gasteiger partial charge in [0.25, 0.3) is 0 Å². The van der Waals surface area contributed by atoms with E-state index in [4.69, 9.17) is 5.73 Å². The molecule has 2 rings (SSSR count). The summed E-state index contributed by atoms with van der Waals surface area (Å²) in [7, 11) is 2.07. The maximum Gasteiger partial charge on any atom is 0.124 e. The second-order valence-electron chi connectivity index (χ2n) is 4.13. The molecule has 0 atom stereocenters. The minimum Gasteiger partial charge on any atom is -0.507 e. The number of aromatic hydroxyl groups is 1. The van der Waals surface area contributed by atoms with Crippen LogP contribution in [-0.4, -0.2) is 25.2 Å². The van der Waals surface area contributed by atoms with E-state index >= 15 is 0 Å². The molecule has 3 nitrogen and oxygen atoms in total. The molecule has 3 N–H and O–H groups in total. The lowest BCUT2D eigenvalue weighted by Crippen LogP contribution is -2.24. The van der Waals surface area contributed by atoms with Gasteiger partial charge in [0.2, 0.25) is 0 Å². The first-order valence-corrected chi connectivity index (χ1v) is 5.49. The summed E-state index contributed by atoms with van der Waals surface area (Å²) in [6.45, 7) is 1.66. The number of hydrogen-bond donors (Lipinski definition) is 2. The molecule has 3 heteroatoms. The second kappa shape index (κ2) is 4.11. The van der Waals surface area contributed by atoms with E-state index in [2.05, 4.69) is 18.0 Å². The van der Waals surface area contributed by atoms with E-state index in [9.17, 15) is 5.11 Å². The lowest BCUT2D eigenvalue weighted by Gasteiger charge is -2.28. The van der Waals surface area contributed by atoms with Gasteiger partial charge in [-0.25, -0.2) is 0 Å². The number of nitrogens with zero attached hydrogens (tertiary/aromatic N) is 1. The van der Waals surface area contributed by atoms with E-state index in [0.717, 1.165) is 36.9 Å². The van der Waals surface area contributed by atoms with Gasteiger partial charge < -0.3 is 15.7 Å². The highest BCUT2D eigenvalue weighted by Gasteiger charge is 2.18. The Hall–Kier alpha value is -1.22. The Labute approximate surface area is 90.5 Å². The molecule has 1 aliphatic heterocycles. The fourth-order valence-electron chi connectivity index (χ4n) is 2.25. The van der Waals surface area contributed by atoms with Crippen molar-refractivity contribution >= 4 is 5.69 Å². The standard InChI is InChI=1S/C12H18N2O/c1-14-8-2-3-10-11(14)5-4-9(6-7-13)12(10)15/h4-5,15H,2-3,6-8,13H2,1H3. The Bertz CT molecular complexity index is 363. The van der Waals surface area contributed by atoms with Crippen LogP contribution in [0.5, 0.6) is 5.75 Å². The van der Waals surface area contributed by atoms with Crippen LogP contribution in [0.1, 0.15) is 17.5 Å². The van der Waals surface area contributed by atoms with E-state index in [0.29, 0.717) is 12.3 Å². The Morgan fingerprint density at radius 2 is 2.27 bits per heavy atom. The molecule has 82 valence electrons. The van der Waals surface area contributed by atoms with Gasteiger partial charge in [-0.1, -0.05) is 6.07 Å². The lowest BCUT2D eigenvalue weighted by atomic mass is 9.97. The highest BCUT2D eigenvalue weighted by Crippen LogP contribution is 2.35. The van der Waals surface area contributed by atoms with Crippen LogP contribution in [0.15, 0.2) is 12.1 Å². The zero-order valence-corrected chi connectivity index (χ0v) is 9.16. The van der Waals surface area contributed by atoms with Crippen molar-refractivity contribution in [2.45, 2.75) is 19.3 Å². The van der Waals surface area contributed by atoms with Gasteiger partial charge in [0.1, 0.15) is 5.75 Å². The van der Waals surface area contributed by atoms with E-state index in [1.54, 1.807) is 0 Å². The maximum atomic E-state index is 10.1. The van der Waals surface area contributed by atoms with Crippen LogP contribution in [0.3, 0.4) is 0 Å². The zero-order chi connectivity index (χ0) is 10.8. The summed E-state index contributed by atoms with van der Waals surface area (Å²) >= 11 is 0. The first kappa shape index (κ1) is 10.3. The van der Waals surface area contributed by atoms with E-state index in [-0.39, 0.29) is 0 Å². The summed E-state index contributed by atoms with van der Waals surface area (Å²) in [6.07, 6.45) is 2.84. The third-order valence-electron chi connectivity index (χ3n) is 3.09. The average molecular weight is 206 g/mol. The van der Waals surface area contributed by atoms with Gasteiger partial charge in [0.15, 0.2) is 0 Å². The maximum absolute atomic E-state index is 10.1. The van der Waals surface area contributed by atoms with E-state index < -0.39 is 0 Å². The third kappa shape index (κ3) is 1.79. The Kier molecular flexibility index (Phi) is 2.82. The summed E-state index contributed by atoms with van der Waals surface area (Å²) < 4.78 is 0. The van der Waals surface area contributed by atoms with Crippen LogP contribution in [0.25, 0.3) is 0 Å². The predicted octanol–water partition coefficient (Wildman–Crippen LogP) is 1.28. The molecule has 0 aliphatic carbocycles. The molecule has 1 aromatic rings. The monoisotopic (exact) mass is 206 g/mol. The van der Waals surface area contributed by atoms with Gasteiger partial charge >= 0.3 is 0 Å². The minimum absolute atomic E-state index is 0.463. The van der Waals surface area contributed by atoms with Gasteiger partial charge in [-0.05, 0) is 37.4 Å². The van der Waals surface area contributed by atoms with Crippen LogP contribution in [-0.2, 0) is 12.8 Å². The van der Waals surface area contributed by atoms with Crippen molar-refractivity contribution in [2.24, 2.45) is 5.73 Å². The Balaban J connectivity index is 2.42. The molecule has 0 unspecified atom stereocenters. The molecule has 0 bridgehead atoms. The molecular formula is C12H18N2O. The topological polar surface area (TPSA) is 49.5 Å². The molecule has 0 amide bonds. The molecule has 0 radical (unpaired) electrons. The number of benzene rings is 1. The van der Waals surface area contributed by atoms with Crippen molar-refractivity contribution in [1.82, 2.24) is 0 Å². The molecule has 1 aromatic carbocycles. The SMILES string of the molecule is CN1CCCc2c1ccc(CCN)c2O. The van der Waals surface area contributed by atoms with Crippen molar-refractivity contribution in [3.63, 3.8) is 0 Å². The summed E-state index contributed by atoms with van der Waals surface area (Å²) in [6, 6.07) is 4.09. The third-order valence-corrected chi connectivity index (χ3v) is 3.09. The summed E-state index contributed by atoms with van der Waals surface area (Å²) in [5.74, 6) is 0.463.